The number of carbonyl (C=O) groups is 1. The number of amides is 1. The molecular weight excluding hydrogens is 228 g/mol. The van der Waals surface area contributed by atoms with Gasteiger partial charge in [-0.15, -0.1) is 0 Å². The van der Waals surface area contributed by atoms with Crippen LogP contribution in [0, 0.1) is 6.92 Å². The topological polar surface area (TPSA) is 70.7 Å². The van der Waals surface area contributed by atoms with Gasteiger partial charge in [-0.25, -0.2) is 4.98 Å². The van der Waals surface area contributed by atoms with E-state index in [0.717, 1.165) is 22.2 Å². The number of fused-ring (bicyclic) bond motifs is 1. The molecular formula is C10H11ClN4O. The van der Waals surface area contributed by atoms with Crippen LogP contribution in [0.4, 0.5) is 0 Å². The molecule has 6 heteroatoms. The minimum absolute atomic E-state index is 0.107. The molecule has 2 N–H and O–H groups in total. The van der Waals surface area contributed by atoms with Gasteiger partial charge in [-0.1, -0.05) is 11.6 Å². The van der Waals surface area contributed by atoms with E-state index in [1.54, 1.807) is 6.20 Å². The van der Waals surface area contributed by atoms with Gasteiger partial charge in [-0.3, -0.25) is 9.89 Å². The summed E-state index contributed by atoms with van der Waals surface area (Å²) in [5.74, 6) is -0.107. The van der Waals surface area contributed by atoms with Crippen LogP contribution in [0.1, 0.15) is 18.2 Å². The lowest BCUT2D eigenvalue weighted by Crippen LogP contribution is -2.19. The first-order valence-corrected chi connectivity index (χ1v) is 5.20. The number of rotatable bonds is 2. The first kappa shape index (κ1) is 10.9. The van der Waals surface area contributed by atoms with Gasteiger partial charge < -0.3 is 5.32 Å². The summed E-state index contributed by atoms with van der Waals surface area (Å²) >= 11 is 6.04. The highest BCUT2D eigenvalue weighted by Gasteiger charge is 2.12. The van der Waals surface area contributed by atoms with Gasteiger partial charge >= 0.3 is 0 Å². The standard InChI is InChI=1S/C10H11ClN4O/c1-5-7-4-13-15-9(7)8(10(11)14-5)3-12-6(2)16/h4H,3H2,1-2H3,(H,12,16)(H,13,15). The maximum Gasteiger partial charge on any atom is 0.217 e. The van der Waals surface area contributed by atoms with Gasteiger partial charge in [0.15, 0.2) is 0 Å². The fraction of sp³-hybridized carbons (Fsp3) is 0.300. The number of nitrogens with one attached hydrogen (secondary N) is 2. The Morgan fingerprint density at radius 3 is 3.06 bits per heavy atom. The Hall–Kier alpha value is -1.62. The average Bonchev–Trinajstić information content (AvgIpc) is 2.65. The third-order valence-corrected chi connectivity index (χ3v) is 2.67. The van der Waals surface area contributed by atoms with E-state index in [1.165, 1.54) is 6.92 Å². The third kappa shape index (κ3) is 1.86. The summed E-state index contributed by atoms with van der Waals surface area (Å²) in [6, 6.07) is 0. The van der Waals surface area contributed by atoms with Gasteiger partial charge in [0.1, 0.15) is 5.15 Å². The Morgan fingerprint density at radius 1 is 1.62 bits per heavy atom. The number of aromatic amines is 1. The molecule has 0 aromatic carbocycles. The molecule has 0 unspecified atom stereocenters. The molecule has 0 saturated carbocycles. The van der Waals surface area contributed by atoms with Gasteiger partial charge in [0.05, 0.1) is 17.4 Å². The van der Waals surface area contributed by atoms with Crippen molar-refractivity contribution in [1.29, 1.82) is 0 Å². The van der Waals surface area contributed by atoms with E-state index in [0.29, 0.717) is 11.7 Å². The van der Waals surface area contributed by atoms with Crippen molar-refractivity contribution in [3.63, 3.8) is 0 Å². The van der Waals surface area contributed by atoms with Crippen molar-refractivity contribution in [1.82, 2.24) is 20.5 Å². The van der Waals surface area contributed by atoms with E-state index in [4.69, 9.17) is 11.6 Å². The molecule has 0 saturated heterocycles. The lowest BCUT2D eigenvalue weighted by molar-refractivity contribution is -0.119. The number of aromatic nitrogens is 3. The molecule has 0 bridgehead atoms. The largest absolute Gasteiger partial charge is 0.352 e. The molecule has 2 rings (SSSR count). The van der Waals surface area contributed by atoms with Crippen molar-refractivity contribution < 1.29 is 4.79 Å². The van der Waals surface area contributed by atoms with E-state index < -0.39 is 0 Å². The van der Waals surface area contributed by atoms with E-state index in [2.05, 4.69) is 20.5 Å². The molecule has 0 aliphatic carbocycles. The van der Waals surface area contributed by atoms with Crippen LogP contribution in [0.15, 0.2) is 6.20 Å². The molecule has 0 spiro atoms. The number of H-pyrrole nitrogens is 1. The summed E-state index contributed by atoms with van der Waals surface area (Å²) < 4.78 is 0. The number of hydrogen-bond acceptors (Lipinski definition) is 3. The molecule has 2 aromatic heterocycles. The van der Waals surface area contributed by atoms with Crippen LogP contribution in [-0.4, -0.2) is 21.1 Å². The molecule has 2 aromatic rings. The highest BCUT2D eigenvalue weighted by atomic mass is 35.5. The molecule has 0 radical (unpaired) electrons. The van der Waals surface area contributed by atoms with Crippen LogP contribution >= 0.6 is 11.6 Å². The SMILES string of the molecule is CC(=O)NCc1c(Cl)nc(C)c2cn[nH]c12. The smallest absolute Gasteiger partial charge is 0.217 e. The van der Waals surface area contributed by atoms with Crippen LogP contribution in [0.3, 0.4) is 0 Å². The fourth-order valence-electron chi connectivity index (χ4n) is 1.54. The van der Waals surface area contributed by atoms with E-state index >= 15 is 0 Å². The van der Waals surface area contributed by atoms with Gasteiger partial charge in [0, 0.05) is 24.4 Å². The van der Waals surface area contributed by atoms with Crippen molar-refractivity contribution in [3.8, 4) is 0 Å². The quantitative estimate of drug-likeness (QED) is 0.780. The highest BCUT2D eigenvalue weighted by molar-refractivity contribution is 6.31. The molecule has 0 aliphatic rings. The van der Waals surface area contributed by atoms with Gasteiger partial charge in [0.2, 0.25) is 5.91 Å². The van der Waals surface area contributed by atoms with Gasteiger partial charge in [0.25, 0.3) is 0 Å². The molecule has 0 atom stereocenters. The molecule has 1 amide bonds. The summed E-state index contributed by atoms with van der Waals surface area (Å²) in [7, 11) is 0. The van der Waals surface area contributed by atoms with Crippen molar-refractivity contribution in [2.24, 2.45) is 0 Å². The van der Waals surface area contributed by atoms with Gasteiger partial charge in [-0.05, 0) is 6.92 Å². The van der Waals surface area contributed by atoms with Crippen molar-refractivity contribution in [3.05, 3.63) is 22.6 Å². The van der Waals surface area contributed by atoms with Crippen LogP contribution < -0.4 is 5.32 Å². The molecule has 2 heterocycles. The van der Waals surface area contributed by atoms with Crippen molar-refractivity contribution >= 4 is 28.4 Å². The number of hydrogen-bond donors (Lipinski definition) is 2. The van der Waals surface area contributed by atoms with Crippen LogP contribution in [0.25, 0.3) is 10.9 Å². The third-order valence-electron chi connectivity index (χ3n) is 2.36. The van der Waals surface area contributed by atoms with E-state index in [-0.39, 0.29) is 5.91 Å². The van der Waals surface area contributed by atoms with Crippen molar-refractivity contribution in [2.75, 3.05) is 0 Å². The molecule has 16 heavy (non-hydrogen) atoms. The zero-order valence-corrected chi connectivity index (χ0v) is 9.72. The normalized spacial score (nSPS) is 10.7. The second-order valence-electron chi connectivity index (χ2n) is 3.53. The summed E-state index contributed by atoms with van der Waals surface area (Å²) in [6.07, 6.45) is 1.70. The van der Waals surface area contributed by atoms with Crippen LogP contribution in [0.5, 0.6) is 0 Å². The lowest BCUT2D eigenvalue weighted by Gasteiger charge is -2.07. The lowest BCUT2D eigenvalue weighted by atomic mass is 10.1. The highest BCUT2D eigenvalue weighted by Crippen LogP contribution is 2.24. The Morgan fingerprint density at radius 2 is 2.38 bits per heavy atom. The summed E-state index contributed by atoms with van der Waals surface area (Å²) in [5, 5.41) is 10.8. The van der Waals surface area contributed by atoms with Crippen LogP contribution in [0.2, 0.25) is 5.15 Å². The van der Waals surface area contributed by atoms with E-state index in [1.807, 2.05) is 6.92 Å². The predicted octanol–water partition coefficient (Wildman–Crippen LogP) is 1.56. The van der Waals surface area contributed by atoms with Gasteiger partial charge in [-0.2, -0.15) is 5.10 Å². The number of nitrogens with zero attached hydrogens (tertiary/aromatic N) is 2. The zero-order valence-electron chi connectivity index (χ0n) is 8.97. The minimum atomic E-state index is -0.107. The predicted molar refractivity (Wildman–Crippen MR) is 61.2 cm³/mol. The fourth-order valence-corrected chi connectivity index (χ4v) is 1.83. The van der Waals surface area contributed by atoms with Crippen molar-refractivity contribution in [2.45, 2.75) is 20.4 Å². The molecule has 5 nitrogen and oxygen atoms in total. The molecule has 84 valence electrons. The number of carbonyl (C=O) groups excluding carboxylic acids is 1. The average molecular weight is 239 g/mol. The second-order valence-corrected chi connectivity index (χ2v) is 3.89. The first-order chi connectivity index (χ1) is 7.59. The summed E-state index contributed by atoms with van der Waals surface area (Å²) in [5.41, 5.74) is 2.40. The summed E-state index contributed by atoms with van der Waals surface area (Å²) in [6.45, 7) is 3.67. The monoisotopic (exact) mass is 238 g/mol. The Kier molecular flexibility index (Phi) is 2.78. The second kappa shape index (κ2) is 4.09. The number of halogens is 1. The zero-order chi connectivity index (χ0) is 11.7. The maximum atomic E-state index is 10.9. The Bertz CT molecular complexity index is 549. The number of pyridine rings is 1. The number of aryl methyl sites for hydroxylation is 1. The Balaban J connectivity index is 2.50. The minimum Gasteiger partial charge on any atom is -0.352 e. The Labute approximate surface area is 97.2 Å². The molecule has 0 aliphatic heterocycles. The van der Waals surface area contributed by atoms with Crippen LogP contribution in [-0.2, 0) is 11.3 Å². The van der Waals surface area contributed by atoms with E-state index in [9.17, 15) is 4.79 Å². The summed E-state index contributed by atoms with van der Waals surface area (Å²) in [4.78, 5) is 15.1. The first-order valence-electron chi connectivity index (χ1n) is 4.82. The molecule has 0 fully saturated rings. The maximum absolute atomic E-state index is 10.9.